The maximum Gasteiger partial charge on any atom is 0.330 e. The first kappa shape index (κ1) is 16.3. The van der Waals surface area contributed by atoms with E-state index in [1.54, 1.807) is 6.07 Å². The van der Waals surface area contributed by atoms with Gasteiger partial charge in [-0.15, -0.1) is 11.3 Å². The molecule has 132 valence electrons. The molecule has 2 aromatic heterocycles. The number of carbonyl (C=O) groups excluding carboxylic acids is 2. The Morgan fingerprint density at radius 1 is 1.31 bits per heavy atom. The average molecular weight is 369 g/mol. The molecule has 26 heavy (non-hydrogen) atoms. The molecule has 1 aliphatic heterocycles. The predicted octanol–water partition coefficient (Wildman–Crippen LogP) is 2.95. The van der Waals surface area contributed by atoms with Gasteiger partial charge in [-0.05, 0) is 23.1 Å². The number of amides is 4. The number of hydrogen-bond acceptors (Lipinski definition) is 6. The van der Waals surface area contributed by atoms with Crippen molar-refractivity contribution in [3.05, 3.63) is 53.2 Å². The maximum absolute atomic E-state index is 12.3. The summed E-state index contributed by atoms with van der Waals surface area (Å²) in [6.07, 6.45) is 0.376. The number of benzene rings is 1. The van der Waals surface area contributed by atoms with Crippen LogP contribution >= 0.6 is 11.3 Å². The fraction of sp³-hybridized carbons (Fsp3) is 0.176. The van der Waals surface area contributed by atoms with E-state index in [4.69, 9.17) is 4.52 Å². The van der Waals surface area contributed by atoms with Crippen molar-refractivity contribution >= 4 is 29.1 Å². The molecule has 3 heterocycles. The van der Waals surface area contributed by atoms with E-state index in [9.17, 15) is 9.59 Å². The Kier molecular flexibility index (Phi) is 4.36. The van der Waals surface area contributed by atoms with Gasteiger partial charge in [0.15, 0.2) is 0 Å². The van der Waals surface area contributed by atoms with Gasteiger partial charge in [0.05, 0.1) is 11.3 Å². The summed E-state index contributed by atoms with van der Waals surface area (Å²) in [7, 11) is 0. The van der Waals surface area contributed by atoms with Gasteiger partial charge in [0.2, 0.25) is 11.7 Å². The zero-order chi connectivity index (χ0) is 17.9. The molecule has 0 radical (unpaired) electrons. The van der Waals surface area contributed by atoms with Crippen LogP contribution in [0.1, 0.15) is 11.5 Å². The van der Waals surface area contributed by atoms with Crippen molar-refractivity contribution in [3.63, 3.8) is 0 Å². The summed E-state index contributed by atoms with van der Waals surface area (Å²) in [6, 6.07) is 10.3. The maximum atomic E-state index is 12.3. The first-order valence-electron chi connectivity index (χ1n) is 8.01. The lowest BCUT2D eigenvalue weighted by molar-refractivity contribution is 0.207. The number of anilines is 1. The number of para-hydroxylation sites is 1. The first-order chi connectivity index (χ1) is 12.7. The highest BCUT2D eigenvalue weighted by atomic mass is 32.1. The number of aromatic nitrogens is 2. The lowest BCUT2D eigenvalue weighted by Gasteiger charge is -2.15. The Balaban J connectivity index is 1.51. The largest absolute Gasteiger partial charge is 0.339 e. The zero-order valence-corrected chi connectivity index (χ0v) is 14.5. The van der Waals surface area contributed by atoms with Gasteiger partial charge in [0.1, 0.15) is 0 Å². The quantitative estimate of drug-likeness (QED) is 0.736. The van der Waals surface area contributed by atoms with Crippen molar-refractivity contribution in [2.45, 2.75) is 6.42 Å². The molecular weight excluding hydrogens is 354 g/mol. The highest BCUT2D eigenvalue weighted by molar-refractivity contribution is 7.13. The van der Waals surface area contributed by atoms with Crippen LogP contribution in [-0.4, -0.2) is 40.2 Å². The second-order valence-electron chi connectivity index (χ2n) is 5.64. The van der Waals surface area contributed by atoms with E-state index in [1.165, 1.54) is 11.3 Å². The van der Waals surface area contributed by atoms with Crippen LogP contribution in [0.3, 0.4) is 0 Å². The number of imide groups is 1. The van der Waals surface area contributed by atoms with E-state index >= 15 is 0 Å². The fourth-order valence-electron chi connectivity index (χ4n) is 2.64. The standard InChI is InChI=1S/C17H15N5O3S/c23-16-18-7-8-22(16)17(24)19-12-5-2-1-4-11(12)10-14-20-15(21-25-14)13-6-3-9-26-13/h1-6,9H,7-8,10H2,(H,18,23)(H,19,24). The van der Waals surface area contributed by atoms with E-state index in [0.29, 0.717) is 36.9 Å². The lowest BCUT2D eigenvalue weighted by atomic mass is 10.1. The SMILES string of the molecule is O=C1NCCN1C(=O)Nc1ccccc1Cc1nc(-c2cccs2)no1. The monoisotopic (exact) mass is 369 g/mol. The van der Waals surface area contributed by atoms with Gasteiger partial charge >= 0.3 is 12.1 Å². The smallest absolute Gasteiger partial charge is 0.330 e. The third-order valence-electron chi connectivity index (χ3n) is 3.91. The van der Waals surface area contributed by atoms with Gasteiger partial charge in [-0.2, -0.15) is 4.98 Å². The Morgan fingerprint density at radius 2 is 2.19 bits per heavy atom. The fourth-order valence-corrected chi connectivity index (χ4v) is 3.29. The molecule has 1 aliphatic rings. The van der Waals surface area contributed by atoms with Gasteiger partial charge in [0.25, 0.3) is 0 Å². The molecule has 0 aliphatic carbocycles. The van der Waals surface area contributed by atoms with Crippen LogP contribution in [0.15, 0.2) is 46.3 Å². The average Bonchev–Trinajstić information content (AvgIpc) is 3.37. The minimum atomic E-state index is -0.461. The van der Waals surface area contributed by atoms with E-state index < -0.39 is 12.1 Å². The van der Waals surface area contributed by atoms with Gasteiger partial charge < -0.3 is 15.2 Å². The van der Waals surface area contributed by atoms with Gasteiger partial charge in [-0.3, -0.25) is 0 Å². The zero-order valence-electron chi connectivity index (χ0n) is 13.6. The molecule has 4 amide bonds. The van der Waals surface area contributed by atoms with E-state index in [0.717, 1.165) is 15.3 Å². The topological polar surface area (TPSA) is 100 Å². The molecule has 0 unspecified atom stereocenters. The molecule has 3 aromatic rings. The molecule has 8 nitrogen and oxygen atoms in total. The Morgan fingerprint density at radius 3 is 2.96 bits per heavy atom. The second-order valence-corrected chi connectivity index (χ2v) is 6.58. The summed E-state index contributed by atoms with van der Waals surface area (Å²) in [5.41, 5.74) is 1.43. The Labute approximate surface area is 152 Å². The summed E-state index contributed by atoms with van der Waals surface area (Å²) < 4.78 is 5.33. The number of rotatable bonds is 4. The number of urea groups is 2. The molecule has 0 saturated carbocycles. The number of carbonyl (C=O) groups is 2. The van der Waals surface area contributed by atoms with Crippen molar-refractivity contribution in [3.8, 4) is 10.7 Å². The van der Waals surface area contributed by atoms with E-state index in [1.807, 2.05) is 35.7 Å². The van der Waals surface area contributed by atoms with E-state index in [-0.39, 0.29) is 0 Å². The lowest BCUT2D eigenvalue weighted by Crippen LogP contribution is -2.37. The summed E-state index contributed by atoms with van der Waals surface area (Å²) >= 11 is 1.54. The van der Waals surface area contributed by atoms with Gasteiger partial charge in [-0.25, -0.2) is 14.5 Å². The third kappa shape index (κ3) is 3.29. The molecule has 1 aromatic carbocycles. The van der Waals surface area contributed by atoms with Gasteiger partial charge in [0, 0.05) is 18.8 Å². The summed E-state index contributed by atoms with van der Waals surface area (Å²) in [5, 5.41) is 11.3. The van der Waals surface area contributed by atoms with Gasteiger partial charge in [-0.1, -0.05) is 29.4 Å². The van der Waals surface area contributed by atoms with Crippen molar-refractivity contribution in [1.82, 2.24) is 20.4 Å². The summed E-state index contributed by atoms with van der Waals surface area (Å²) in [4.78, 5) is 30.4. The van der Waals surface area contributed by atoms with Crippen LogP contribution in [0.25, 0.3) is 10.7 Å². The minimum Gasteiger partial charge on any atom is -0.339 e. The van der Waals surface area contributed by atoms with Crippen LogP contribution in [0.2, 0.25) is 0 Å². The Hall–Kier alpha value is -3.20. The summed E-state index contributed by atoms with van der Waals surface area (Å²) in [6.45, 7) is 0.808. The molecule has 0 atom stereocenters. The van der Waals surface area contributed by atoms with Crippen LogP contribution in [0.4, 0.5) is 15.3 Å². The second kappa shape index (κ2) is 6.96. The third-order valence-corrected chi connectivity index (χ3v) is 4.78. The minimum absolute atomic E-state index is 0.348. The first-order valence-corrected chi connectivity index (χ1v) is 8.89. The van der Waals surface area contributed by atoms with Crippen molar-refractivity contribution in [2.24, 2.45) is 0 Å². The number of nitrogens with zero attached hydrogens (tertiary/aromatic N) is 3. The van der Waals surface area contributed by atoms with E-state index in [2.05, 4.69) is 20.8 Å². The van der Waals surface area contributed by atoms with Crippen LogP contribution < -0.4 is 10.6 Å². The predicted molar refractivity (Wildman–Crippen MR) is 96.0 cm³/mol. The van der Waals surface area contributed by atoms with Crippen LogP contribution in [0, 0.1) is 0 Å². The number of nitrogens with one attached hydrogen (secondary N) is 2. The highest BCUT2D eigenvalue weighted by Gasteiger charge is 2.26. The van der Waals surface area contributed by atoms with Crippen molar-refractivity contribution in [2.75, 3.05) is 18.4 Å². The van der Waals surface area contributed by atoms with Crippen molar-refractivity contribution < 1.29 is 14.1 Å². The molecular formula is C17H15N5O3S. The normalized spacial score (nSPS) is 13.7. The Bertz CT molecular complexity index is 938. The summed E-state index contributed by atoms with van der Waals surface area (Å²) in [5.74, 6) is 0.999. The molecule has 0 bridgehead atoms. The molecule has 9 heteroatoms. The molecule has 1 fully saturated rings. The molecule has 1 saturated heterocycles. The highest BCUT2D eigenvalue weighted by Crippen LogP contribution is 2.24. The molecule has 4 rings (SSSR count). The molecule has 2 N–H and O–H groups in total. The van der Waals surface area contributed by atoms with Crippen LogP contribution in [0.5, 0.6) is 0 Å². The van der Waals surface area contributed by atoms with Crippen molar-refractivity contribution in [1.29, 1.82) is 0 Å². The number of thiophene rings is 1. The molecule has 0 spiro atoms. The van der Waals surface area contributed by atoms with Crippen LogP contribution in [-0.2, 0) is 6.42 Å². The number of hydrogen-bond donors (Lipinski definition) is 2.